The molecule has 0 saturated carbocycles. The summed E-state index contributed by atoms with van der Waals surface area (Å²) >= 11 is 0. The Morgan fingerprint density at radius 2 is 0.500 bits per heavy atom. The van der Waals surface area contributed by atoms with Crippen molar-refractivity contribution in [2.75, 3.05) is 0 Å². The number of benzene rings is 5. The maximum Gasteiger partial charge on any atom is 0.115 e. The summed E-state index contributed by atoms with van der Waals surface area (Å²) in [4.78, 5) is 0. The van der Waals surface area contributed by atoms with Crippen LogP contribution in [-0.4, -0.2) is 20.4 Å². The topological polar surface area (TPSA) is 80.9 Å². The lowest BCUT2D eigenvalue weighted by Crippen LogP contribution is -2.01. The van der Waals surface area contributed by atoms with Crippen molar-refractivity contribution in [2.45, 2.75) is 13.8 Å². The molecule has 0 aliphatic heterocycles. The van der Waals surface area contributed by atoms with Gasteiger partial charge in [0, 0.05) is 0 Å². The third-order valence-corrected chi connectivity index (χ3v) is 6.69. The van der Waals surface area contributed by atoms with Crippen LogP contribution in [0.1, 0.15) is 11.1 Å². The third kappa shape index (κ3) is 4.14. The predicted molar refractivity (Wildman–Crippen MR) is 144 cm³/mol. The monoisotopic (exact) mass is 474 g/mol. The molecule has 0 atom stereocenters. The molecule has 0 heterocycles. The Hall–Kier alpha value is -4.70. The van der Waals surface area contributed by atoms with E-state index in [2.05, 4.69) is 13.8 Å². The fraction of sp³-hybridized carbons (Fsp3) is 0.0625. The molecular formula is C32H26O4. The largest absolute Gasteiger partial charge is 0.508 e. The summed E-state index contributed by atoms with van der Waals surface area (Å²) in [5, 5.41) is 39.9. The van der Waals surface area contributed by atoms with E-state index in [9.17, 15) is 20.4 Å². The average Bonchev–Trinajstić information content (AvgIpc) is 2.88. The van der Waals surface area contributed by atoms with Gasteiger partial charge in [-0.1, -0.05) is 48.5 Å². The summed E-state index contributed by atoms with van der Waals surface area (Å²) in [6.45, 7) is 4.18. The van der Waals surface area contributed by atoms with Crippen LogP contribution >= 0.6 is 0 Å². The first-order chi connectivity index (χ1) is 17.3. The molecule has 0 fully saturated rings. The van der Waals surface area contributed by atoms with Gasteiger partial charge in [0.25, 0.3) is 0 Å². The highest BCUT2D eigenvalue weighted by Crippen LogP contribution is 2.49. The minimum absolute atomic E-state index is 0.179. The van der Waals surface area contributed by atoms with Gasteiger partial charge in [0.1, 0.15) is 23.0 Å². The van der Waals surface area contributed by atoms with Crippen molar-refractivity contribution < 1.29 is 20.4 Å². The number of rotatable bonds is 4. The Morgan fingerprint density at radius 1 is 0.306 bits per heavy atom. The Bertz CT molecular complexity index is 1410. The van der Waals surface area contributed by atoms with E-state index in [1.54, 1.807) is 48.5 Å². The van der Waals surface area contributed by atoms with Crippen LogP contribution in [0.25, 0.3) is 44.5 Å². The first kappa shape index (κ1) is 23.1. The second kappa shape index (κ2) is 9.16. The van der Waals surface area contributed by atoms with Gasteiger partial charge in [-0.25, -0.2) is 0 Å². The highest BCUT2D eigenvalue weighted by molar-refractivity contribution is 6.04. The summed E-state index contributed by atoms with van der Waals surface area (Å²) in [5.41, 5.74) is 9.87. The predicted octanol–water partition coefficient (Wildman–Crippen LogP) is 7.79. The Balaban J connectivity index is 1.98. The van der Waals surface area contributed by atoms with E-state index in [0.717, 1.165) is 55.6 Å². The van der Waals surface area contributed by atoms with E-state index in [4.69, 9.17) is 0 Å². The molecule has 5 aromatic rings. The zero-order valence-electron chi connectivity index (χ0n) is 20.0. The Kier molecular flexibility index (Phi) is 5.87. The van der Waals surface area contributed by atoms with E-state index < -0.39 is 0 Å². The molecule has 0 amide bonds. The molecule has 0 unspecified atom stereocenters. The van der Waals surface area contributed by atoms with E-state index in [1.165, 1.54) is 0 Å². The second-order valence-corrected chi connectivity index (χ2v) is 8.94. The van der Waals surface area contributed by atoms with Gasteiger partial charge in [-0.2, -0.15) is 0 Å². The maximum atomic E-state index is 10.0. The van der Waals surface area contributed by atoms with Gasteiger partial charge in [0.05, 0.1) is 0 Å². The quantitative estimate of drug-likeness (QED) is 0.214. The molecule has 0 bridgehead atoms. The average molecular weight is 475 g/mol. The number of hydrogen-bond acceptors (Lipinski definition) is 4. The number of aromatic hydroxyl groups is 4. The molecule has 5 rings (SSSR count). The van der Waals surface area contributed by atoms with Crippen LogP contribution in [0.3, 0.4) is 0 Å². The molecule has 5 aromatic carbocycles. The molecule has 0 saturated heterocycles. The van der Waals surface area contributed by atoms with Gasteiger partial charge in [-0.05, 0) is 118 Å². The van der Waals surface area contributed by atoms with Crippen molar-refractivity contribution in [3.8, 4) is 67.5 Å². The van der Waals surface area contributed by atoms with E-state index >= 15 is 0 Å². The minimum Gasteiger partial charge on any atom is -0.508 e. The van der Waals surface area contributed by atoms with Crippen LogP contribution in [0.2, 0.25) is 0 Å². The van der Waals surface area contributed by atoms with Gasteiger partial charge >= 0.3 is 0 Å². The standard InChI is InChI=1S/C32H26O4/c1-19-20(2)30(22-5-13-26(34)14-6-22)32(24-9-17-28(36)18-10-24)31(23-7-15-27(35)16-8-23)29(19)21-3-11-25(33)12-4-21/h3-18,33-36H,1-2H3. The van der Waals surface area contributed by atoms with Crippen molar-refractivity contribution in [1.29, 1.82) is 0 Å². The minimum atomic E-state index is 0.179. The van der Waals surface area contributed by atoms with Crippen molar-refractivity contribution >= 4 is 0 Å². The Morgan fingerprint density at radius 3 is 0.722 bits per heavy atom. The molecule has 4 N–H and O–H groups in total. The highest BCUT2D eigenvalue weighted by Gasteiger charge is 2.24. The van der Waals surface area contributed by atoms with Gasteiger partial charge in [0.15, 0.2) is 0 Å². The third-order valence-electron chi connectivity index (χ3n) is 6.69. The van der Waals surface area contributed by atoms with Crippen molar-refractivity contribution in [2.24, 2.45) is 0 Å². The van der Waals surface area contributed by atoms with Gasteiger partial charge in [0.2, 0.25) is 0 Å². The number of hydrogen-bond donors (Lipinski definition) is 4. The first-order valence-electron chi connectivity index (χ1n) is 11.7. The lowest BCUT2D eigenvalue weighted by Gasteiger charge is -2.25. The van der Waals surface area contributed by atoms with Crippen LogP contribution in [0.4, 0.5) is 0 Å². The second-order valence-electron chi connectivity index (χ2n) is 8.94. The van der Waals surface area contributed by atoms with Crippen molar-refractivity contribution in [1.82, 2.24) is 0 Å². The van der Waals surface area contributed by atoms with Crippen LogP contribution < -0.4 is 0 Å². The zero-order valence-corrected chi connectivity index (χ0v) is 20.0. The molecule has 36 heavy (non-hydrogen) atoms. The maximum absolute atomic E-state index is 10.0. The van der Waals surface area contributed by atoms with Gasteiger partial charge in [-0.3, -0.25) is 0 Å². The highest BCUT2D eigenvalue weighted by atomic mass is 16.3. The fourth-order valence-corrected chi connectivity index (χ4v) is 4.81. The summed E-state index contributed by atoms with van der Waals surface area (Å²) in [5.74, 6) is 0.745. The molecule has 4 nitrogen and oxygen atoms in total. The van der Waals surface area contributed by atoms with E-state index in [0.29, 0.717) is 0 Å². The summed E-state index contributed by atoms with van der Waals surface area (Å²) in [6, 6.07) is 28.6. The summed E-state index contributed by atoms with van der Waals surface area (Å²) < 4.78 is 0. The number of phenolic OH excluding ortho intramolecular Hbond substituents is 4. The molecule has 4 heteroatoms. The van der Waals surface area contributed by atoms with Crippen LogP contribution in [0, 0.1) is 13.8 Å². The lowest BCUT2D eigenvalue weighted by molar-refractivity contribution is 0.475. The van der Waals surface area contributed by atoms with E-state index in [1.807, 2.05) is 48.5 Å². The Labute approximate surface area is 210 Å². The molecular weight excluding hydrogens is 448 g/mol. The number of phenols is 4. The van der Waals surface area contributed by atoms with Crippen molar-refractivity contribution in [3.05, 3.63) is 108 Å². The van der Waals surface area contributed by atoms with Gasteiger partial charge < -0.3 is 20.4 Å². The summed E-state index contributed by atoms with van der Waals surface area (Å²) in [6.07, 6.45) is 0. The van der Waals surface area contributed by atoms with Gasteiger partial charge in [-0.15, -0.1) is 0 Å². The van der Waals surface area contributed by atoms with Crippen LogP contribution in [0.5, 0.6) is 23.0 Å². The van der Waals surface area contributed by atoms with Crippen molar-refractivity contribution in [3.63, 3.8) is 0 Å². The molecule has 0 aliphatic rings. The fourth-order valence-electron chi connectivity index (χ4n) is 4.81. The molecule has 0 radical (unpaired) electrons. The summed E-state index contributed by atoms with van der Waals surface area (Å²) in [7, 11) is 0. The normalized spacial score (nSPS) is 10.9. The molecule has 0 aromatic heterocycles. The zero-order chi connectivity index (χ0) is 25.4. The lowest BCUT2D eigenvalue weighted by atomic mass is 9.78. The smallest absolute Gasteiger partial charge is 0.115 e. The molecule has 178 valence electrons. The van der Waals surface area contributed by atoms with E-state index in [-0.39, 0.29) is 23.0 Å². The first-order valence-corrected chi connectivity index (χ1v) is 11.7. The van der Waals surface area contributed by atoms with Crippen LogP contribution in [-0.2, 0) is 0 Å². The molecule has 0 aliphatic carbocycles. The molecule has 0 spiro atoms. The SMILES string of the molecule is Cc1c(C)c(-c2ccc(O)cc2)c(-c2ccc(O)cc2)c(-c2ccc(O)cc2)c1-c1ccc(O)cc1. The van der Waals surface area contributed by atoms with Crippen LogP contribution in [0.15, 0.2) is 97.1 Å².